The van der Waals surface area contributed by atoms with Gasteiger partial charge in [-0.2, -0.15) is 0 Å². The number of pyridine rings is 1. The van der Waals surface area contributed by atoms with Gasteiger partial charge in [-0.25, -0.2) is 9.97 Å². The van der Waals surface area contributed by atoms with Gasteiger partial charge in [-0.15, -0.1) is 0 Å². The lowest BCUT2D eigenvalue weighted by atomic mass is 10.2. The van der Waals surface area contributed by atoms with Gasteiger partial charge in [0.05, 0.1) is 0 Å². The number of aromatic nitrogens is 3. The monoisotopic (exact) mass is 367 g/mol. The summed E-state index contributed by atoms with van der Waals surface area (Å²) in [5.41, 5.74) is 2.23. The molecule has 0 saturated heterocycles. The number of halogens is 1. The first kappa shape index (κ1) is 17.8. The molecule has 0 unspecified atom stereocenters. The van der Waals surface area contributed by atoms with Gasteiger partial charge in [-0.05, 0) is 36.2 Å². The zero-order valence-corrected chi connectivity index (χ0v) is 15.0. The highest BCUT2D eigenvalue weighted by atomic mass is 35.5. The van der Waals surface area contributed by atoms with Crippen LogP contribution < -0.4 is 10.6 Å². The van der Waals surface area contributed by atoms with Gasteiger partial charge in [0.25, 0.3) is 5.91 Å². The number of hydrogen-bond acceptors (Lipinski definition) is 5. The Morgan fingerprint density at radius 1 is 1.08 bits per heavy atom. The molecular formula is C19H18ClN5O. The molecule has 0 spiro atoms. The fourth-order valence-corrected chi connectivity index (χ4v) is 2.58. The number of benzene rings is 1. The lowest BCUT2D eigenvalue weighted by Gasteiger charge is -2.10. The van der Waals surface area contributed by atoms with Gasteiger partial charge in [0.15, 0.2) is 0 Å². The molecule has 2 N–H and O–H groups in total. The Hall–Kier alpha value is -2.99. The summed E-state index contributed by atoms with van der Waals surface area (Å²) in [6, 6.07) is 12.9. The molecule has 0 atom stereocenters. The Balaban J connectivity index is 1.66. The Morgan fingerprint density at radius 3 is 2.62 bits per heavy atom. The van der Waals surface area contributed by atoms with Crippen molar-refractivity contribution in [1.82, 2.24) is 20.3 Å². The molecule has 26 heavy (non-hydrogen) atoms. The van der Waals surface area contributed by atoms with Gasteiger partial charge in [0, 0.05) is 36.6 Å². The van der Waals surface area contributed by atoms with Crippen molar-refractivity contribution in [3.8, 4) is 0 Å². The Labute approximate surface area is 156 Å². The average Bonchev–Trinajstić information content (AvgIpc) is 2.66. The van der Waals surface area contributed by atoms with Crippen molar-refractivity contribution in [2.45, 2.75) is 20.0 Å². The lowest BCUT2D eigenvalue weighted by Crippen LogP contribution is -2.24. The maximum atomic E-state index is 12.4. The van der Waals surface area contributed by atoms with E-state index in [4.69, 9.17) is 11.6 Å². The van der Waals surface area contributed by atoms with Crippen LogP contribution in [0.3, 0.4) is 0 Å². The van der Waals surface area contributed by atoms with E-state index < -0.39 is 0 Å². The summed E-state index contributed by atoms with van der Waals surface area (Å²) in [5, 5.41) is 6.65. The van der Waals surface area contributed by atoms with E-state index in [0.29, 0.717) is 35.4 Å². The van der Waals surface area contributed by atoms with E-state index in [1.807, 2.05) is 30.3 Å². The maximum Gasteiger partial charge on any atom is 0.270 e. The smallest absolute Gasteiger partial charge is 0.270 e. The number of carbonyl (C=O) groups excluding carboxylic acids is 1. The number of nitrogens with one attached hydrogen (secondary N) is 2. The van der Waals surface area contributed by atoms with E-state index in [2.05, 4.69) is 25.6 Å². The van der Waals surface area contributed by atoms with Gasteiger partial charge in [0.1, 0.15) is 17.3 Å². The molecule has 7 heteroatoms. The minimum atomic E-state index is -0.276. The van der Waals surface area contributed by atoms with Crippen LogP contribution in [-0.2, 0) is 13.1 Å². The largest absolute Gasteiger partial charge is 0.366 e. The molecule has 0 fully saturated rings. The molecule has 1 amide bonds. The van der Waals surface area contributed by atoms with Crippen LogP contribution >= 0.6 is 11.6 Å². The summed E-state index contributed by atoms with van der Waals surface area (Å²) in [4.78, 5) is 25.0. The predicted molar refractivity (Wildman–Crippen MR) is 101 cm³/mol. The van der Waals surface area contributed by atoms with Crippen LogP contribution in [0.15, 0.2) is 54.9 Å². The summed E-state index contributed by atoms with van der Waals surface area (Å²) in [5.74, 6) is 0.840. The van der Waals surface area contributed by atoms with Crippen LogP contribution in [0.1, 0.15) is 27.4 Å². The molecule has 3 aromatic rings. The third kappa shape index (κ3) is 4.77. The standard InChI is InChI=1S/C19H18ClN5O/c1-13-24-17(19(26)23-12-15-4-2-3-5-16(15)20)10-18(25-13)22-11-14-6-8-21-9-7-14/h2-10H,11-12H2,1H3,(H,23,26)(H,22,24,25). The first-order chi connectivity index (χ1) is 12.6. The van der Waals surface area contributed by atoms with Crippen LogP contribution in [0.5, 0.6) is 0 Å². The molecule has 0 aliphatic carbocycles. The van der Waals surface area contributed by atoms with Crippen LogP contribution in [0.2, 0.25) is 5.02 Å². The zero-order valence-electron chi connectivity index (χ0n) is 14.2. The molecule has 6 nitrogen and oxygen atoms in total. The lowest BCUT2D eigenvalue weighted by molar-refractivity contribution is 0.0945. The van der Waals surface area contributed by atoms with Gasteiger partial charge in [-0.3, -0.25) is 9.78 Å². The van der Waals surface area contributed by atoms with E-state index in [-0.39, 0.29) is 5.91 Å². The molecule has 0 aliphatic heterocycles. The zero-order chi connectivity index (χ0) is 18.4. The number of carbonyl (C=O) groups is 1. The van der Waals surface area contributed by atoms with Crippen molar-refractivity contribution in [1.29, 1.82) is 0 Å². The van der Waals surface area contributed by atoms with Crippen molar-refractivity contribution in [3.05, 3.63) is 82.5 Å². The van der Waals surface area contributed by atoms with Crippen LogP contribution in [0.4, 0.5) is 5.82 Å². The van der Waals surface area contributed by atoms with E-state index >= 15 is 0 Å². The van der Waals surface area contributed by atoms with Crippen LogP contribution in [0, 0.1) is 6.92 Å². The number of hydrogen-bond donors (Lipinski definition) is 2. The molecule has 0 saturated carbocycles. The molecule has 3 rings (SSSR count). The van der Waals surface area contributed by atoms with Crippen LogP contribution in [-0.4, -0.2) is 20.9 Å². The minimum Gasteiger partial charge on any atom is -0.366 e. The summed E-state index contributed by atoms with van der Waals surface area (Å²) >= 11 is 6.11. The summed E-state index contributed by atoms with van der Waals surface area (Å²) in [6.45, 7) is 2.67. The first-order valence-electron chi connectivity index (χ1n) is 8.12. The first-order valence-corrected chi connectivity index (χ1v) is 8.49. The molecular weight excluding hydrogens is 350 g/mol. The van der Waals surface area contributed by atoms with E-state index in [1.165, 1.54) is 0 Å². The third-order valence-electron chi connectivity index (χ3n) is 3.69. The Morgan fingerprint density at radius 2 is 1.85 bits per heavy atom. The summed E-state index contributed by atoms with van der Waals surface area (Å²) in [7, 11) is 0. The highest BCUT2D eigenvalue weighted by Gasteiger charge is 2.11. The second kappa shape index (κ2) is 8.40. The van der Waals surface area contributed by atoms with Crippen molar-refractivity contribution < 1.29 is 4.79 Å². The summed E-state index contributed by atoms with van der Waals surface area (Å²) in [6.07, 6.45) is 3.46. The fraction of sp³-hybridized carbons (Fsp3) is 0.158. The highest BCUT2D eigenvalue weighted by Crippen LogP contribution is 2.15. The molecule has 0 radical (unpaired) electrons. The fourth-order valence-electron chi connectivity index (χ4n) is 2.38. The number of nitrogens with zero attached hydrogens (tertiary/aromatic N) is 3. The van der Waals surface area contributed by atoms with Gasteiger partial charge >= 0.3 is 0 Å². The third-order valence-corrected chi connectivity index (χ3v) is 4.06. The topological polar surface area (TPSA) is 79.8 Å². The van der Waals surface area contributed by atoms with Crippen molar-refractivity contribution in [2.75, 3.05) is 5.32 Å². The van der Waals surface area contributed by atoms with Gasteiger partial charge < -0.3 is 10.6 Å². The Bertz CT molecular complexity index is 901. The predicted octanol–water partition coefficient (Wildman–Crippen LogP) is 3.38. The minimum absolute atomic E-state index is 0.276. The second-order valence-electron chi connectivity index (χ2n) is 5.67. The molecule has 2 heterocycles. The average molecular weight is 368 g/mol. The molecule has 132 valence electrons. The van der Waals surface area contributed by atoms with E-state index in [9.17, 15) is 4.79 Å². The van der Waals surface area contributed by atoms with Crippen molar-refractivity contribution in [3.63, 3.8) is 0 Å². The maximum absolute atomic E-state index is 12.4. The quantitative estimate of drug-likeness (QED) is 0.698. The van der Waals surface area contributed by atoms with E-state index in [1.54, 1.807) is 31.5 Å². The van der Waals surface area contributed by atoms with Crippen molar-refractivity contribution in [2.24, 2.45) is 0 Å². The molecule has 0 aliphatic rings. The van der Waals surface area contributed by atoms with E-state index in [0.717, 1.165) is 11.1 Å². The molecule has 2 aromatic heterocycles. The van der Waals surface area contributed by atoms with Crippen molar-refractivity contribution >= 4 is 23.3 Å². The number of rotatable bonds is 6. The number of anilines is 1. The SMILES string of the molecule is Cc1nc(NCc2ccncc2)cc(C(=O)NCc2ccccc2Cl)n1. The summed E-state index contributed by atoms with van der Waals surface area (Å²) < 4.78 is 0. The van der Waals surface area contributed by atoms with Gasteiger partial charge in [-0.1, -0.05) is 29.8 Å². The number of amides is 1. The second-order valence-corrected chi connectivity index (χ2v) is 6.08. The van der Waals surface area contributed by atoms with Crippen LogP contribution in [0.25, 0.3) is 0 Å². The molecule has 1 aromatic carbocycles. The highest BCUT2D eigenvalue weighted by molar-refractivity contribution is 6.31. The molecule has 0 bridgehead atoms. The number of aryl methyl sites for hydroxylation is 1. The van der Waals surface area contributed by atoms with Gasteiger partial charge in [0.2, 0.25) is 0 Å². The Kier molecular flexibility index (Phi) is 5.76. The normalized spacial score (nSPS) is 10.4.